The number of aromatic amines is 1. The maximum atomic E-state index is 4.07. The van der Waals surface area contributed by atoms with Crippen molar-refractivity contribution in [1.29, 1.82) is 0 Å². The van der Waals surface area contributed by atoms with E-state index in [0.717, 1.165) is 16.3 Å². The van der Waals surface area contributed by atoms with Crippen LogP contribution in [0.4, 0.5) is 0 Å². The highest BCUT2D eigenvalue weighted by molar-refractivity contribution is 8.07. The number of nitrogens with one attached hydrogen (secondary N) is 1. The predicted octanol–water partition coefficient (Wildman–Crippen LogP) is 2.13. The van der Waals surface area contributed by atoms with E-state index in [0.29, 0.717) is 5.25 Å². The molecule has 66 valence electrons. The van der Waals surface area contributed by atoms with Crippen molar-refractivity contribution in [3.05, 3.63) is 23.8 Å². The maximum absolute atomic E-state index is 4.07. The van der Waals surface area contributed by atoms with Crippen LogP contribution >= 0.6 is 11.8 Å². The Balaban J connectivity index is 2.10. The average molecular weight is 191 g/mol. The van der Waals surface area contributed by atoms with Crippen LogP contribution in [0.25, 0.3) is 11.0 Å². The number of benzene rings is 1. The van der Waals surface area contributed by atoms with Gasteiger partial charge in [-0.1, -0.05) is 13.0 Å². The van der Waals surface area contributed by atoms with Crippen LogP contribution in [-0.2, 0) is 0 Å². The molecule has 13 heavy (non-hydrogen) atoms. The SMILES string of the molecule is CC1SC1c1ccc2n[nH]nc2c1. The van der Waals surface area contributed by atoms with Gasteiger partial charge in [0.2, 0.25) is 0 Å². The highest BCUT2D eigenvalue weighted by Crippen LogP contribution is 2.54. The first-order valence-electron chi connectivity index (χ1n) is 4.30. The average Bonchev–Trinajstić information content (AvgIpc) is 2.70. The van der Waals surface area contributed by atoms with Crippen molar-refractivity contribution in [3.63, 3.8) is 0 Å². The lowest BCUT2D eigenvalue weighted by Gasteiger charge is -1.94. The lowest BCUT2D eigenvalue weighted by molar-refractivity contribution is 0.959. The van der Waals surface area contributed by atoms with Gasteiger partial charge in [-0.2, -0.15) is 15.4 Å². The monoisotopic (exact) mass is 191 g/mol. The normalized spacial score (nSPS) is 26.5. The van der Waals surface area contributed by atoms with Crippen molar-refractivity contribution in [2.45, 2.75) is 17.4 Å². The van der Waals surface area contributed by atoms with E-state index in [1.54, 1.807) is 0 Å². The molecule has 0 spiro atoms. The molecule has 0 radical (unpaired) electrons. The molecule has 4 heteroatoms. The standard InChI is InChI=1S/C9H9N3S/c1-5-9(13-5)6-2-3-7-8(4-6)11-12-10-7/h2-5,9H,1H3,(H,10,11,12). The molecule has 1 N–H and O–H groups in total. The van der Waals surface area contributed by atoms with Gasteiger partial charge < -0.3 is 0 Å². The van der Waals surface area contributed by atoms with E-state index >= 15 is 0 Å². The third-order valence-corrected chi connectivity index (χ3v) is 3.74. The van der Waals surface area contributed by atoms with Crippen molar-refractivity contribution < 1.29 is 0 Å². The van der Waals surface area contributed by atoms with E-state index in [9.17, 15) is 0 Å². The molecule has 0 aliphatic carbocycles. The quantitative estimate of drug-likeness (QED) is 0.702. The van der Waals surface area contributed by atoms with Gasteiger partial charge in [0, 0.05) is 10.5 Å². The van der Waals surface area contributed by atoms with Gasteiger partial charge in [-0.3, -0.25) is 0 Å². The summed E-state index contributed by atoms with van der Waals surface area (Å²) >= 11 is 2.00. The van der Waals surface area contributed by atoms with Crippen LogP contribution in [0.2, 0.25) is 0 Å². The van der Waals surface area contributed by atoms with Crippen molar-refractivity contribution >= 4 is 22.8 Å². The first-order valence-corrected chi connectivity index (χ1v) is 5.25. The Morgan fingerprint density at radius 1 is 1.31 bits per heavy atom. The zero-order chi connectivity index (χ0) is 8.84. The second-order valence-corrected chi connectivity index (χ2v) is 4.86. The molecule has 0 saturated carbocycles. The Labute approximate surface area is 79.9 Å². The molecule has 1 saturated heterocycles. The van der Waals surface area contributed by atoms with Crippen molar-refractivity contribution in [3.8, 4) is 0 Å². The number of nitrogens with zero attached hydrogens (tertiary/aromatic N) is 2. The predicted molar refractivity (Wildman–Crippen MR) is 53.7 cm³/mol. The molecule has 1 aromatic heterocycles. The molecule has 2 atom stereocenters. The first kappa shape index (κ1) is 7.38. The van der Waals surface area contributed by atoms with Gasteiger partial charge >= 0.3 is 0 Å². The minimum Gasteiger partial charge on any atom is -0.197 e. The molecule has 2 heterocycles. The number of rotatable bonds is 1. The van der Waals surface area contributed by atoms with Gasteiger partial charge in [0.1, 0.15) is 11.0 Å². The smallest absolute Gasteiger partial charge is 0.113 e. The van der Waals surface area contributed by atoms with Crippen LogP contribution in [0.15, 0.2) is 18.2 Å². The van der Waals surface area contributed by atoms with Crippen molar-refractivity contribution in [1.82, 2.24) is 15.4 Å². The fourth-order valence-corrected chi connectivity index (χ4v) is 2.40. The van der Waals surface area contributed by atoms with Crippen LogP contribution in [0.1, 0.15) is 17.7 Å². The van der Waals surface area contributed by atoms with Crippen LogP contribution in [-0.4, -0.2) is 20.7 Å². The molecule has 1 aliphatic rings. The molecule has 3 nitrogen and oxygen atoms in total. The maximum Gasteiger partial charge on any atom is 0.113 e. The minimum absolute atomic E-state index is 0.682. The Morgan fingerprint density at radius 2 is 2.08 bits per heavy atom. The summed E-state index contributed by atoms with van der Waals surface area (Å²) < 4.78 is 0. The van der Waals surface area contributed by atoms with E-state index < -0.39 is 0 Å². The number of hydrogen-bond acceptors (Lipinski definition) is 3. The van der Waals surface area contributed by atoms with E-state index in [4.69, 9.17) is 0 Å². The van der Waals surface area contributed by atoms with Gasteiger partial charge in [0.15, 0.2) is 0 Å². The molecule has 3 rings (SSSR count). The number of fused-ring (bicyclic) bond motifs is 1. The van der Waals surface area contributed by atoms with Crippen molar-refractivity contribution in [2.24, 2.45) is 0 Å². The van der Waals surface area contributed by atoms with Crippen LogP contribution in [0, 0.1) is 0 Å². The van der Waals surface area contributed by atoms with E-state index in [-0.39, 0.29) is 0 Å². The fourth-order valence-electron chi connectivity index (χ4n) is 1.57. The fraction of sp³-hybridized carbons (Fsp3) is 0.333. The highest BCUT2D eigenvalue weighted by Gasteiger charge is 2.35. The number of aromatic nitrogens is 3. The Kier molecular flexibility index (Phi) is 1.41. The zero-order valence-corrected chi connectivity index (χ0v) is 8.01. The first-order chi connectivity index (χ1) is 6.34. The summed E-state index contributed by atoms with van der Waals surface area (Å²) in [6, 6.07) is 6.30. The Morgan fingerprint density at radius 3 is 2.85 bits per heavy atom. The molecule has 2 unspecified atom stereocenters. The number of H-pyrrole nitrogens is 1. The molecule has 2 aromatic rings. The Hall–Kier alpha value is -1.03. The minimum atomic E-state index is 0.682. The van der Waals surface area contributed by atoms with Crippen molar-refractivity contribution in [2.75, 3.05) is 0 Å². The second-order valence-electron chi connectivity index (χ2n) is 3.33. The molecule has 0 bridgehead atoms. The highest BCUT2D eigenvalue weighted by atomic mass is 32.2. The van der Waals surface area contributed by atoms with Crippen LogP contribution in [0.3, 0.4) is 0 Å². The zero-order valence-electron chi connectivity index (χ0n) is 7.19. The van der Waals surface area contributed by atoms with Crippen LogP contribution in [0.5, 0.6) is 0 Å². The van der Waals surface area contributed by atoms with E-state index in [1.807, 2.05) is 17.8 Å². The number of thioether (sulfide) groups is 1. The van der Waals surface area contributed by atoms with Gasteiger partial charge in [0.05, 0.1) is 0 Å². The van der Waals surface area contributed by atoms with E-state index in [2.05, 4.69) is 34.5 Å². The third kappa shape index (κ3) is 1.13. The summed E-state index contributed by atoms with van der Waals surface area (Å²) in [4.78, 5) is 0. The molecule has 1 aliphatic heterocycles. The lowest BCUT2D eigenvalue weighted by Crippen LogP contribution is -1.83. The molecule has 1 fully saturated rings. The van der Waals surface area contributed by atoms with Gasteiger partial charge in [0.25, 0.3) is 0 Å². The lowest BCUT2D eigenvalue weighted by atomic mass is 10.1. The summed E-state index contributed by atoms with van der Waals surface area (Å²) in [6.45, 7) is 2.25. The largest absolute Gasteiger partial charge is 0.197 e. The molecule has 1 aromatic carbocycles. The third-order valence-electron chi connectivity index (χ3n) is 2.38. The summed E-state index contributed by atoms with van der Waals surface area (Å²) in [5, 5.41) is 12.2. The Bertz CT molecular complexity index is 451. The number of hydrogen-bond donors (Lipinski definition) is 1. The van der Waals surface area contributed by atoms with Gasteiger partial charge in [-0.15, -0.1) is 11.8 Å². The van der Waals surface area contributed by atoms with Gasteiger partial charge in [-0.05, 0) is 17.7 Å². The van der Waals surface area contributed by atoms with Gasteiger partial charge in [-0.25, -0.2) is 0 Å². The second kappa shape index (κ2) is 2.48. The summed E-state index contributed by atoms with van der Waals surface area (Å²) in [6.07, 6.45) is 0. The topological polar surface area (TPSA) is 41.6 Å². The summed E-state index contributed by atoms with van der Waals surface area (Å²) in [5.41, 5.74) is 3.29. The molecular formula is C9H9N3S. The molecule has 0 amide bonds. The summed E-state index contributed by atoms with van der Waals surface area (Å²) in [5.74, 6) is 0. The molecular weight excluding hydrogens is 182 g/mol. The van der Waals surface area contributed by atoms with Crippen LogP contribution < -0.4 is 0 Å². The summed E-state index contributed by atoms with van der Waals surface area (Å²) in [7, 11) is 0. The van der Waals surface area contributed by atoms with E-state index in [1.165, 1.54) is 5.56 Å².